The van der Waals surface area contributed by atoms with Gasteiger partial charge in [-0.3, -0.25) is 0 Å². The van der Waals surface area contributed by atoms with Gasteiger partial charge < -0.3 is 14.5 Å². The number of hydrogen-bond acceptors (Lipinski definition) is 3. The van der Waals surface area contributed by atoms with Gasteiger partial charge in [-0.2, -0.15) is 0 Å². The van der Waals surface area contributed by atoms with Crippen molar-refractivity contribution in [3.8, 4) is 0 Å². The first-order valence-corrected chi connectivity index (χ1v) is 4.73. The third-order valence-corrected chi connectivity index (χ3v) is 2.24. The highest BCUT2D eigenvalue weighted by Gasteiger charge is 2.09. The lowest BCUT2D eigenvalue weighted by Crippen LogP contribution is -2.29. The molecule has 0 aliphatic carbocycles. The van der Waals surface area contributed by atoms with Crippen LogP contribution in [0.15, 0.2) is 47.1 Å². The van der Waals surface area contributed by atoms with Gasteiger partial charge in [-0.15, -0.1) is 0 Å². The maximum atomic E-state index is 8.91. The van der Waals surface area contributed by atoms with Crippen molar-refractivity contribution in [3.63, 3.8) is 0 Å². The predicted molar refractivity (Wildman–Crippen MR) is 57.8 cm³/mol. The van der Waals surface area contributed by atoms with Gasteiger partial charge in [0.1, 0.15) is 5.76 Å². The van der Waals surface area contributed by atoms with E-state index in [9.17, 15) is 0 Å². The Morgan fingerprint density at radius 3 is 2.33 bits per heavy atom. The van der Waals surface area contributed by atoms with Crippen molar-refractivity contribution in [3.05, 3.63) is 54.0 Å². The van der Waals surface area contributed by atoms with Crippen molar-refractivity contribution >= 4 is 12.6 Å². The first-order valence-electron chi connectivity index (χ1n) is 4.73. The molecule has 2 rings (SSSR count). The molecule has 0 aliphatic heterocycles. The number of furan rings is 1. The van der Waals surface area contributed by atoms with Crippen molar-refractivity contribution in [2.45, 2.75) is 6.42 Å². The Kier molecular flexibility index (Phi) is 2.90. The molecule has 0 radical (unpaired) electrons. The van der Waals surface area contributed by atoms with Crippen LogP contribution in [0.4, 0.5) is 0 Å². The normalized spacial score (nSPS) is 10.3. The van der Waals surface area contributed by atoms with Gasteiger partial charge in [-0.25, -0.2) is 0 Å². The Labute approximate surface area is 88.1 Å². The van der Waals surface area contributed by atoms with E-state index < -0.39 is 7.12 Å². The van der Waals surface area contributed by atoms with Gasteiger partial charge in [0.15, 0.2) is 0 Å². The SMILES string of the molecule is OB(O)c1ccc(Cc2ccco2)cc1. The molecule has 0 atom stereocenters. The second kappa shape index (κ2) is 4.34. The van der Waals surface area contributed by atoms with Gasteiger partial charge in [-0.05, 0) is 23.2 Å². The molecular formula is C11H11BO3. The standard InChI is InChI=1S/C11H11BO3/c13-12(14)10-5-3-9(4-6-10)8-11-2-1-7-15-11/h1-7,13-14H,8H2. The molecule has 0 saturated carbocycles. The van der Waals surface area contributed by atoms with Crippen molar-refractivity contribution in [2.75, 3.05) is 0 Å². The Morgan fingerprint density at radius 2 is 1.80 bits per heavy atom. The monoisotopic (exact) mass is 202 g/mol. The van der Waals surface area contributed by atoms with Crippen LogP contribution in [0.25, 0.3) is 0 Å². The van der Waals surface area contributed by atoms with Crippen LogP contribution in [0.2, 0.25) is 0 Å². The topological polar surface area (TPSA) is 53.6 Å². The zero-order valence-electron chi connectivity index (χ0n) is 8.13. The van der Waals surface area contributed by atoms with Crippen molar-refractivity contribution < 1.29 is 14.5 Å². The molecule has 0 saturated heterocycles. The summed E-state index contributed by atoms with van der Waals surface area (Å²) in [6.45, 7) is 0. The lowest BCUT2D eigenvalue weighted by Gasteiger charge is -2.01. The molecule has 0 unspecified atom stereocenters. The molecule has 1 heterocycles. The van der Waals surface area contributed by atoms with Crippen molar-refractivity contribution in [1.82, 2.24) is 0 Å². The fraction of sp³-hybridized carbons (Fsp3) is 0.0909. The van der Waals surface area contributed by atoms with Crippen LogP contribution in [0, 0.1) is 0 Å². The molecule has 2 N–H and O–H groups in total. The van der Waals surface area contributed by atoms with E-state index in [2.05, 4.69) is 0 Å². The lowest BCUT2D eigenvalue weighted by molar-refractivity contribution is 0.426. The maximum Gasteiger partial charge on any atom is 0.488 e. The van der Waals surface area contributed by atoms with Gasteiger partial charge in [0.2, 0.25) is 0 Å². The third-order valence-electron chi connectivity index (χ3n) is 2.24. The predicted octanol–water partition coefficient (Wildman–Crippen LogP) is 0.550. The van der Waals surface area contributed by atoms with Crippen LogP contribution < -0.4 is 5.46 Å². The summed E-state index contributed by atoms with van der Waals surface area (Å²) in [5.41, 5.74) is 1.58. The van der Waals surface area contributed by atoms with Crippen LogP contribution in [0.5, 0.6) is 0 Å². The Balaban J connectivity index is 2.11. The van der Waals surface area contributed by atoms with E-state index in [1.54, 1.807) is 18.4 Å². The third kappa shape index (κ3) is 2.49. The van der Waals surface area contributed by atoms with Crippen LogP contribution in [-0.4, -0.2) is 17.2 Å². The van der Waals surface area contributed by atoms with Gasteiger partial charge >= 0.3 is 7.12 Å². The van der Waals surface area contributed by atoms with Crippen LogP contribution >= 0.6 is 0 Å². The molecule has 2 aromatic rings. The molecule has 4 heteroatoms. The Hall–Kier alpha value is -1.52. The summed E-state index contributed by atoms with van der Waals surface area (Å²) in [6, 6.07) is 10.9. The molecule has 0 amide bonds. The molecule has 0 aliphatic rings. The van der Waals surface area contributed by atoms with Crippen LogP contribution in [-0.2, 0) is 6.42 Å². The Morgan fingerprint density at radius 1 is 1.07 bits per heavy atom. The second-order valence-corrected chi connectivity index (χ2v) is 3.37. The molecule has 1 aromatic carbocycles. The quantitative estimate of drug-likeness (QED) is 0.714. The average molecular weight is 202 g/mol. The summed E-state index contributed by atoms with van der Waals surface area (Å²) < 4.78 is 5.22. The molecule has 1 aromatic heterocycles. The van der Waals surface area contributed by atoms with E-state index in [-0.39, 0.29) is 0 Å². The molecular weight excluding hydrogens is 191 g/mol. The van der Waals surface area contributed by atoms with E-state index in [1.165, 1.54) is 0 Å². The fourth-order valence-electron chi connectivity index (χ4n) is 1.42. The highest BCUT2D eigenvalue weighted by atomic mass is 16.4. The largest absolute Gasteiger partial charge is 0.488 e. The van der Waals surface area contributed by atoms with E-state index >= 15 is 0 Å². The fourth-order valence-corrected chi connectivity index (χ4v) is 1.42. The molecule has 0 bridgehead atoms. The van der Waals surface area contributed by atoms with Crippen molar-refractivity contribution in [1.29, 1.82) is 0 Å². The maximum absolute atomic E-state index is 8.91. The number of benzene rings is 1. The summed E-state index contributed by atoms with van der Waals surface area (Å²) in [5, 5.41) is 17.8. The average Bonchev–Trinajstić information content (AvgIpc) is 2.71. The highest BCUT2D eigenvalue weighted by molar-refractivity contribution is 6.58. The summed E-state index contributed by atoms with van der Waals surface area (Å²) in [7, 11) is -1.40. The van der Waals surface area contributed by atoms with E-state index in [4.69, 9.17) is 14.5 Å². The van der Waals surface area contributed by atoms with Gasteiger partial charge in [0.05, 0.1) is 6.26 Å². The zero-order chi connectivity index (χ0) is 10.7. The summed E-state index contributed by atoms with van der Waals surface area (Å²) in [4.78, 5) is 0. The first-order chi connectivity index (χ1) is 7.25. The van der Waals surface area contributed by atoms with E-state index in [1.807, 2.05) is 24.3 Å². The lowest BCUT2D eigenvalue weighted by atomic mass is 9.80. The van der Waals surface area contributed by atoms with Crippen LogP contribution in [0.3, 0.4) is 0 Å². The van der Waals surface area contributed by atoms with Gasteiger partial charge in [0, 0.05) is 6.42 Å². The molecule has 0 fully saturated rings. The summed E-state index contributed by atoms with van der Waals surface area (Å²) >= 11 is 0. The van der Waals surface area contributed by atoms with E-state index in [0.717, 1.165) is 17.7 Å². The first kappa shape index (κ1) is 10.0. The Bertz CT molecular complexity index is 406. The van der Waals surface area contributed by atoms with Crippen LogP contribution in [0.1, 0.15) is 11.3 Å². The minimum atomic E-state index is -1.40. The minimum absolute atomic E-state index is 0.498. The number of hydrogen-bond donors (Lipinski definition) is 2. The smallest absolute Gasteiger partial charge is 0.469 e. The molecule has 76 valence electrons. The summed E-state index contributed by atoms with van der Waals surface area (Å²) in [6.07, 6.45) is 2.36. The molecule has 0 spiro atoms. The second-order valence-electron chi connectivity index (χ2n) is 3.37. The van der Waals surface area contributed by atoms with E-state index in [0.29, 0.717) is 5.46 Å². The van der Waals surface area contributed by atoms with Gasteiger partial charge in [0.25, 0.3) is 0 Å². The van der Waals surface area contributed by atoms with Crippen molar-refractivity contribution in [2.24, 2.45) is 0 Å². The van der Waals surface area contributed by atoms with Gasteiger partial charge in [-0.1, -0.05) is 24.3 Å². The summed E-state index contributed by atoms with van der Waals surface area (Å²) in [5.74, 6) is 0.896. The minimum Gasteiger partial charge on any atom is -0.469 e. The zero-order valence-corrected chi connectivity index (χ0v) is 8.13. The molecule has 3 nitrogen and oxygen atoms in total. The highest BCUT2D eigenvalue weighted by Crippen LogP contribution is 2.08. The molecule has 15 heavy (non-hydrogen) atoms. The number of rotatable bonds is 3.